The van der Waals surface area contributed by atoms with Gasteiger partial charge in [0.2, 0.25) is 5.95 Å². The van der Waals surface area contributed by atoms with Crippen LogP contribution in [0.4, 0.5) is 17.3 Å². The minimum Gasteiger partial charge on any atom is -0.497 e. The molecule has 0 amide bonds. The van der Waals surface area contributed by atoms with E-state index in [0.717, 1.165) is 53.8 Å². The molecule has 0 atom stereocenters. The molecule has 1 N–H and O–H groups in total. The lowest BCUT2D eigenvalue weighted by molar-refractivity contribution is 0.313. The predicted molar refractivity (Wildman–Crippen MR) is 152 cm³/mol. The monoisotopic (exact) mass is 525 g/mol. The summed E-state index contributed by atoms with van der Waals surface area (Å²) in [6, 6.07) is 19.3. The van der Waals surface area contributed by atoms with Crippen LogP contribution in [-0.2, 0) is 0 Å². The largest absolute Gasteiger partial charge is 0.497 e. The van der Waals surface area contributed by atoms with Gasteiger partial charge in [0.15, 0.2) is 4.96 Å². The van der Waals surface area contributed by atoms with Crippen LogP contribution in [0, 0.1) is 0 Å². The lowest BCUT2D eigenvalue weighted by Gasteiger charge is -2.34. The van der Waals surface area contributed by atoms with Gasteiger partial charge in [0.1, 0.15) is 5.75 Å². The van der Waals surface area contributed by atoms with Crippen molar-refractivity contribution in [2.24, 2.45) is 0 Å². The summed E-state index contributed by atoms with van der Waals surface area (Å²) in [7, 11) is 3.79. The second-order valence-corrected chi connectivity index (χ2v) is 10.1. The second-order valence-electron chi connectivity index (χ2n) is 9.14. The third-order valence-electron chi connectivity index (χ3n) is 6.69. The number of thiazole rings is 1. The van der Waals surface area contributed by atoms with Crippen LogP contribution in [0.3, 0.4) is 0 Å². The first-order chi connectivity index (χ1) is 18.6. The number of hydrogen-bond acceptors (Lipinski definition) is 9. The molecule has 9 nitrogen and oxygen atoms in total. The van der Waals surface area contributed by atoms with E-state index in [1.165, 1.54) is 29.3 Å². The normalized spacial score (nSPS) is 14.1. The number of fused-ring (bicyclic) bond motifs is 1. The molecule has 2 aromatic carbocycles. The first kappa shape index (κ1) is 24.1. The highest BCUT2D eigenvalue weighted by Crippen LogP contribution is 2.38. The SMILES string of the molecule is COc1ccc(-c2c(-c3ccnc(Nc4ccc(N5CCN(C)CC5)cc4)n3)sc3nccc(=O)n23)cc1. The van der Waals surface area contributed by atoms with E-state index in [1.54, 1.807) is 17.7 Å². The van der Waals surface area contributed by atoms with Crippen LogP contribution in [0.1, 0.15) is 0 Å². The van der Waals surface area contributed by atoms with Crippen LogP contribution >= 0.6 is 11.3 Å². The summed E-state index contributed by atoms with van der Waals surface area (Å²) < 4.78 is 6.95. The average Bonchev–Trinajstić information content (AvgIpc) is 3.35. The molecule has 10 heteroatoms. The predicted octanol–water partition coefficient (Wildman–Crippen LogP) is 4.38. The number of piperazine rings is 1. The molecule has 3 aromatic heterocycles. The lowest BCUT2D eigenvalue weighted by atomic mass is 10.1. The fourth-order valence-electron chi connectivity index (χ4n) is 4.59. The van der Waals surface area contributed by atoms with Crippen molar-refractivity contribution in [3.8, 4) is 27.6 Å². The Labute approximate surface area is 224 Å². The van der Waals surface area contributed by atoms with E-state index < -0.39 is 0 Å². The molecule has 1 aliphatic heterocycles. The second kappa shape index (κ2) is 10.2. The molecule has 1 aliphatic rings. The number of hydrogen-bond donors (Lipinski definition) is 1. The first-order valence-electron chi connectivity index (χ1n) is 12.4. The Morgan fingerprint density at radius 1 is 0.895 bits per heavy atom. The van der Waals surface area contributed by atoms with Gasteiger partial charge in [0.05, 0.1) is 23.4 Å². The van der Waals surface area contributed by atoms with Crippen LogP contribution in [0.5, 0.6) is 5.75 Å². The lowest BCUT2D eigenvalue weighted by Crippen LogP contribution is -2.44. The van der Waals surface area contributed by atoms with Crippen molar-refractivity contribution in [3.05, 3.63) is 83.4 Å². The van der Waals surface area contributed by atoms with Gasteiger partial charge in [-0.25, -0.2) is 15.0 Å². The molecule has 4 heterocycles. The number of nitrogens with one attached hydrogen (secondary N) is 1. The van der Waals surface area contributed by atoms with Crippen molar-refractivity contribution in [1.82, 2.24) is 24.3 Å². The number of anilines is 3. The summed E-state index contributed by atoms with van der Waals surface area (Å²) in [6.45, 7) is 4.19. The number of rotatable bonds is 6. The van der Waals surface area contributed by atoms with Gasteiger partial charge in [0.25, 0.3) is 5.56 Å². The number of aromatic nitrogens is 4. The molecular formula is C28H27N7O2S. The van der Waals surface area contributed by atoms with Gasteiger partial charge in [0, 0.05) is 61.6 Å². The number of likely N-dealkylation sites (N-methyl/N-ethyl adjacent to an activating group) is 1. The third-order valence-corrected chi connectivity index (χ3v) is 7.77. The Bertz CT molecular complexity index is 1620. The highest BCUT2D eigenvalue weighted by atomic mass is 32.1. The third kappa shape index (κ3) is 4.71. The quantitative estimate of drug-likeness (QED) is 0.349. The van der Waals surface area contributed by atoms with Gasteiger partial charge in [-0.3, -0.25) is 9.20 Å². The molecule has 0 saturated carbocycles. The Hall–Kier alpha value is -4.28. The van der Waals surface area contributed by atoms with E-state index in [-0.39, 0.29) is 5.56 Å². The summed E-state index contributed by atoms with van der Waals surface area (Å²) in [4.78, 5) is 32.7. The van der Waals surface area contributed by atoms with Crippen LogP contribution < -0.4 is 20.5 Å². The molecule has 0 bridgehead atoms. The molecule has 0 spiro atoms. The van der Waals surface area contributed by atoms with Gasteiger partial charge >= 0.3 is 0 Å². The number of benzene rings is 2. The van der Waals surface area contributed by atoms with Crippen LogP contribution in [-0.4, -0.2) is 64.6 Å². The Morgan fingerprint density at radius 3 is 2.37 bits per heavy atom. The van der Waals surface area contributed by atoms with Gasteiger partial charge in [-0.05, 0) is 61.6 Å². The maximum Gasteiger partial charge on any atom is 0.258 e. The Balaban J connectivity index is 1.32. The maximum atomic E-state index is 12.9. The molecular weight excluding hydrogens is 498 g/mol. The summed E-state index contributed by atoms with van der Waals surface area (Å²) in [5, 5.41) is 3.33. The van der Waals surface area contributed by atoms with Crippen LogP contribution in [0.25, 0.3) is 26.8 Å². The fourth-order valence-corrected chi connectivity index (χ4v) is 5.68. The molecule has 0 aliphatic carbocycles. The van der Waals surface area contributed by atoms with Gasteiger partial charge in [-0.1, -0.05) is 11.3 Å². The molecule has 5 aromatic rings. The maximum absolute atomic E-state index is 12.9. The summed E-state index contributed by atoms with van der Waals surface area (Å²) >= 11 is 1.42. The van der Waals surface area contributed by atoms with Gasteiger partial charge in [-0.15, -0.1) is 0 Å². The molecule has 192 valence electrons. The Kier molecular flexibility index (Phi) is 6.48. The minimum atomic E-state index is -0.142. The Morgan fingerprint density at radius 2 is 1.63 bits per heavy atom. The van der Waals surface area contributed by atoms with Crippen molar-refractivity contribution < 1.29 is 4.74 Å². The molecule has 6 rings (SSSR count). The molecule has 0 radical (unpaired) electrons. The van der Waals surface area contributed by atoms with E-state index in [1.807, 2.05) is 30.3 Å². The smallest absolute Gasteiger partial charge is 0.258 e. The number of ether oxygens (including phenoxy) is 1. The highest BCUT2D eigenvalue weighted by Gasteiger charge is 2.20. The van der Waals surface area contributed by atoms with Crippen molar-refractivity contribution >= 4 is 33.6 Å². The van der Waals surface area contributed by atoms with E-state index in [4.69, 9.17) is 9.72 Å². The minimum absolute atomic E-state index is 0.142. The molecule has 1 saturated heterocycles. The van der Waals surface area contributed by atoms with E-state index in [2.05, 4.69) is 56.4 Å². The zero-order chi connectivity index (χ0) is 26.1. The summed E-state index contributed by atoms with van der Waals surface area (Å²) in [5.41, 5.74) is 4.30. The van der Waals surface area contributed by atoms with Crippen molar-refractivity contribution in [2.75, 3.05) is 50.6 Å². The first-order valence-corrected chi connectivity index (χ1v) is 13.2. The van der Waals surface area contributed by atoms with E-state index in [0.29, 0.717) is 16.6 Å². The summed E-state index contributed by atoms with van der Waals surface area (Å²) in [5.74, 6) is 1.22. The molecule has 1 fully saturated rings. The summed E-state index contributed by atoms with van der Waals surface area (Å²) in [6.07, 6.45) is 3.26. The van der Waals surface area contributed by atoms with Gasteiger partial charge in [-0.2, -0.15) is 0 Å². The van der Waals surface area contributed by atoms with Crippen molar-refractivity contribution in [3.63, 3.8) is 0 Å². The molecule has 0 unspecified atom stereocenters. The number of methoxy groups -OCH3 is 1. The zero-order valence-corrected chi connectivity index (χ0v) is 22.0. The topological polar surface area (TPSA) is 87.9 Å². The van der Waals surface area contributed by atoms with Crippen molar-refractivity contribution in [1.29, 1.82) is 0 Å². The molecule has 38 heavy (non-hydrogen) atoms. The van der Waals surface area contributed by atoms with Crippen LogP contribution in [0.2, 0.25) is 0 Å². The standard InChI is InChI=1S/C28H27N7O2S/c1-33-15-17-34(18-16-33)21-7-5-20(6-8-21)31-27-29-13-11-23(32-27)26-25(19-3-9-22(37-2)10-4-19)35-24(36)12-14-30-28(35)38-26/h3-14H,15-18H2,1-2H3,(H,29,31,32). The number of nitrogens with zero attached hydrogens (tertiary/aromatic N) is 6. The van der Waals surface area contributed by atoms with Gasteiger partial charge < -0.3 is 19.9 Å². The van der Waals surface area contributed by atoms with Crippen molar-refractivity contribution in [2.45, 2.75) is 0 Å². The zero-order valence-electron chi connectivity index (χ0n) is 21.2. The van der Waals surface area contributed by atoms with Crippen LogP contribution in [0.15, 0.2) is 77.9 Å². The average molecular weight is 526 g/mol. The fraction of sp³-hybridized carbons (Fsp3) is 0.214. The van der Waals surface area contributed by atoms with E-state index in [9.17, 15) is 4.79 Å². The highest BCUT2D eigenvalue weighted by molar-refractivity contribution is 7.20. The van der Waals surface area contributed by atoms with E-state index >= 15 is 0 Å².